The molecule has 1 aromatic carbocycles. The van der Waals surface area contributed by atoms with Gasteiger partial charge >= 0.3 is 5.97 Å². The molecule has 5 heteroatoms. The number of aliphatic carboxylic acids is 1. The van der Waals surface area contributed by atoms with E-state index in [4.69, 9.17) is 9.84 Å². The minimum absolute atomic E-state index is 0.0645. The number of halogens is 1. The first-order valence-corrected chi connectivity index (χ1v) is 6.66. The van der Waals surface area contributed by atoms with Crippen LogP contribution in [0.4, 0.5) is 0 Å². The molecule has 2 N–H and O–H groups in total. The van der Waals surface area contributed by atoms with Gasteiger partial charge < -0.3 is 14.9 Å². The Morgan fingerprint density at radius 1 is 1.50 bits per heavy atom. The highest BCUT2D eigenvalue weighted by molar-refractivity contribution is 9.10. The number of carboxylic acids is 1. The van der Waals surface area contributed by atoms with E-state index in [-0.39, 0.29) is 6.42 Å². The third kappa shape index (κ3) is 4.66. The number of ether oxygens (including phenoxy) is 1. The Kier molecular flexibility index (Phi) is 6.15. The second-order valence-electron chi connectivity index (χ2n) is 3.92. The molecule has 1 unspecified atom stereocenters. The SMILES string of the molecule is CCOc1ccc(Br)cc1C(O)CCCC(=O)O. The molecule has 1 atom stereocenters. The molecule has 18 heavy (non-hydrogen) atoms. The smallest absolute Gasteiger partial charge is 0.303 e. The third-order valence-corrected chi connectivity index (χ3v) is 2.99. The maximum Gasteiger partial charge on any atom is 0.303 e. The number of aliphatic hydroxyl groups is 1. The molecule has 0 spiro atoms. The number of rotatable bonds is 7. The van der Waals surface area contributed by atoms with E-state index in [1.807, 2.05) is 13.0 Å². The van der Waals surface area contributed by atoms with Gasteiger partial charge in [0.2, 0.25) is 0 Å². The van der Waals surface area contributed by atoms with Crippen molar-refractivity contribution in [3.05, 3.63) is 28.2 Å². The zero-order valence-electron chi connectivity index (χ0n) is 10.2. The molecule has 4 nitrogen and oxygen atoms in total. The monoisotopic (exact) mass is 316 g/mol. The fourth-order valence-electron chi connectivity index (χ4n) is 1.67. The zero-order chi connectivity index (χ0) is 13.5. The molecule has 0 radical (unpaired) electrons. The normalized spacial score (nSPS) is 12.2. The van der Waals surface area contributed by atoms with Gasteiger partial charge in [0.15, 0.2) is 0 Å². The summed E-state index contributed by atoms with van der Waals surface area (Å²) in [6.07, 6.45) is 0.204. The summed E-state index contributed by atoms with van der Waals surface area (Å²) in [6, 6.07) is 5.44. The fourth-order valence-corrected chi connectivity index (χ4v) is 2.05. The number of benzene rings is 1. The van der Waals surface area contributed by atoms with Crippen molar-refractivity contribution in [1.29, 1.82) is 0 Å². The molecule has 0 fully saturated rings. The minimum Gasteiger partial charge on any atom is -0.493 e. The van der Waals surface area contributed by atoms with Crippen molar-refractivity contribution in [3.63, 3.8) is 0 Å². The lowest BCUT2D eigenvalue weighted by Gasteiger charge is -2.15. The Labute approximate surface area is 115 Å². The lowest BCUT2D eigenvalue weighted by atomic mass is 10.0. The van der Waals surface area contributed by atoms with Crippen LogP contribution in [-0.4, -0.2) is 22.8 Å². The number of hydrogen-bond acceptors (Lipinski definition) is 3. The second kappa shape index (κ2) is 7.38. The van der Waals surface area contributed by atoms with Crippen LogP contribution < -0.4 is 4.74 Å². The Morgan fingerprint density at radius 3 is 2.83 bits per heavy atom. The van der Waals surface area contributed by atoms with Gasteiger partial charge in [0.05, 0.1) is 12.7 Å². The van der Waals surface area contributed by atoms with Crippen molar-refractivity contribution in [2.24, 2.45) is 0 Å². The molecule has 0 aliphatic heterocycles. The Morgan fingerprint density at radius 2 is 2.22 bits per heavy atom. The Bertz CT molecular complexity index is 406. The summed E-state index contributed by atoms with van der Waals surface area (Å²) in [7, 11) is 0. The highest BCUT2D eigenvalue weighted by Crippen LogP contribution is 2.31. The molecular weight excluding hydrogens is 300 g/mol. The van der Waals surface area contributed by atoms with Crippen LogP contribution in [0.15, 0.2) is 22.7 Å². The van der Waals surface area contributed by atoms with Gasteiger partial charge in [-0.3, -0.25) is 4.79 Å². The first kappa shape index (κ1) is 15.0. The summed E-state index contributed by atoms with van der Waals surface area (Å²) >= 11 is 3.35. The molecule has 0 aliphatic carbocycles. The average molecular weight is 317 g/mol. The molecule has 0 bridgehead atoms. The topological polar surface area (TPSA) is 66.8 Å². The Balaban J connectivity index is 2.72. The van der Waals surface area contributed by atoms with E-state index in [0.29, 0.717) is 30.8 Å². The van der Waals surface area contributed by atoms with E-state index in [1.165, 1.54) is 0 Å². The van der Waals surface area contributed by atoms with Crippen LogP contribution in [-0.2, 0) is 4.79 Å². The maximum atomic E-state index is 10.4. The summed E-state index contributed by atoms with van der Waals surface area (Å²) in [6.45, 7) is 2.40. The molecule has 1 rings (SSSR count). The molecule has 0 saturated heterocycles. The summed E-state index contributed by atoms with van der Waals surface area (Å²) < 4.78 is 6.30. The standard InChI is InChI=1S/C13H17BrO4/c1-2-18-12-7-6-9(14)8-10(12)11(15)4-3-5-13(16)17/h6-8,11,15H,2-5H2,1H3,(H,16,17). The molecule has 100 valence electrons. The van der Waals surface area contributed by atoms with Crippen LogP contribution in [0.2, 0.25) is 0 Å². The minimum atomic E-state index is -0.846. The van der Waals surface area contributed by atoms with E-state index in [1.54, 1.807) is 12.1 Å². The van der Waals surface area contributed by atoms with Crippen molar-refractivity contribution in [2.75, 3.05) is 6.61 Å². The fraction of sp³-hybridized carbons (Fsp3) is 0.462. The van der Waals surface area contributed by atoms with E-state index in [9.17, 15) is 9.90 Å². The van der Waals surface area contributed by atoms with E-state index < -0.39 is 12.1 Å². The predicted octanol–water partition coefficient (Wildman–Crippen LogP) is 3.14. The van der Waals surface area contributed by atoms with Crippen molar-refractivity contribution in [3.8, 4) is 5.75 Å². The van der Waals surface area contributed by atoms with E-state index >= 15 is 0 Å². The number of hydrogen-bond donors (Lipinski definition) is 2. The summed E-state index contributed by atoms with van der Waals surface area (Å²) in [5, 5.41) is 18.6. The molecule has 0 heterocycles. The van der Waals surface area contributed by atoms with Gasteiger partial charge in [-0.05, 0) is 38.0 Å². The van der Waals surface area contributed by atoms with Crippen LogP contribution in [0.5, 0.6) is 5.75 Å². The summed E-state index contributed by atoms with van der Waals surface area (Å²) in [5.74, 6) is -0.204. The van der Waals surface area contributed by atoms with Crippen LogP contribution in [0.1, 0.15) is 37.9 Å². The molecule has 0 aromatic heterocycles. The number of carbonyl (C=O) groups is 1. The van der Waals surface area contributed by atoms with Crippen LogP contribution >= 0.6 is 15.9 Å². The second-order valence-corrected chi connectivity index (χ2v) is 4.83. The van der Waals surface area contributed by atoms with Crippen molar-refractivity contribution < 1.29 is 19.7 Å². The highest BCUT2D eigenvalue weighted by atomic mass is 79.9. The molecule has 0 saturated carbocycles. The quantitative estimate of drug-likeness (QED) is 0.811. The van der Waals surface area contributed by atoms with Gasteiger partial charge in [0.1, 0.15) is 5.75 Å². The maximum absolute atomic E-state index is 10.4. The first-order chi connectivity index (χ1) is 8.54. The van der Waals surface area contributed by atoms with Gasteiger partial charge in [0.25, 0.3) is 0 Å². The molecule has 0 amide bonds. The predicted molar refractivity (Wildman–Crippen MR) is 71.8 cm³/mol. The lowest BCUT2D eigenvalue weighted by molar-refractivity contribution is -0.137. The first-order valence-electron chi connectivity index (χ1n) is 5.86. The largest absolute Gasteiger partial charge is 0.493 e. The van der Waals surface area contributed by atoms with Gasteiger partial charge in [0, 0.05) is 16.5 Å². The number of carboxylic acid groups (broad SMARTS) is 1. The van der Waals surface area contributed by atoms with Gasteiger partial charge in [-0.15, -0.1) is 0 Å². The average Bonchev–Trinajstić information content (AvgIpc) is 2.31. The molecule has 0 aliphatic rings. The molecule has 1 aromatic rings. The van der Waals surface area contributed by atoms with Crippen LogP contribution in [0, 0.1) is 0 Å². The van der Waals surface area contributed by atoms with Crippen molar-refractivity contribution in [1.82, 2.24) is 0 Å². The zero-order valence-corrected chi connectivity index (χ0v) is 11.8. The van der Waals surface area contributed by atoms with Crippen molar-refractivity contribution in [2.45, 2.75) is 32.3 Å². The van der Waals surface area contributed by atoms with Gasteiger partial charge in [-0.25, -0.2) is 0 Å². The van der Waals surface area contributed by atoms with Crippen LogP contribution in [0.3, 0.4) is 0 Å². The summed E-state index contributed by atoms with van der Waals surface area (Å²) in [4.78, 5) is 10.4. The highest BCUT2D eigenvalue weighted by Gasteiger charge is 2.14. The lowest BCUT2D eigenvalue weighted by Crippen LogP contribution is -2.04. The third-order valence-electron chi connectivity index (χ3n) is 2.50. The molecular formula is C13H17BrO4. The van der Waals surface area contributed by atoms with Gasteiger partial charge in [-0.2, -0.15) is 0 Å². The Hall–Kier alpha value is -1.07. The van der Waals surface area contributed by atoms with Crippen molar-refractivity contribution >= 4 is 21.9 Å². The van der Waals surface area contributed by atoms with Crippen LogP contribution in [0.25, 0.3) is 0 Å². The van der Waals surface area contributed by atoms with E-state index in [0.717, 1.165) is 4.47 Å². The van der Waals surface area contributed by atoms with E-state index in [2.05, 4.69) is 15.9 Å². The number of aliphatic hydroxyl groups excluding tert-OH is 1. The van der Waals surface area contributed by atoms with Gasteiger partial charge in [-0.1, -0.05) is 15.9 Å². The summed E-state index contributed by atoms with van der Waals surface area (Å²) in [5.41, 5.74) is 0.691.